The fraction of sp³-hybridized carbons (Fsp3) is 0.211. The van der Waals surface area contributed by atoms with Crippen molar-refractivity contribution in [2.45, 2.75) is 13.5 Å². The second kappa shape index (κ2) is 11.3. The van der Waals surface area contributed by atoms with Crippen molar-refractivity contribution in [3.8, 4) is 11.5 Å². The van der Waals surface area contributed by atoms with Gasteiger partial charge in [-0.15, -0.1) is 0 Å². The van der Waals surface area contributed by atoms with Crippen molar-refractivity contribution in [1.82, 2.24) is 0 Å². The lowest BCUT2D eigenvalue weighted by molar-refractivity contribution is 0.160. The van der Waals surface area contributed by atoms with Crippen LogP contribution in [-0.2, 0) is 11.4 Å². The number of benzene rings is 2. The largest absolute Gasteiger partial charge is 0.489 e. The van der Waals surface area contributed by atoms with E-state index in [1.165, 1.54) is 6.08 Å². The molecule has 27 heavy (non-hydrogen) atoms. The first-order valence-electron chi connectivity index (χ1n) is 7.99. The average molecular weight is 449 g/mol. The molecule has 4 nitrogen and oxygen atoms in total. The number of hydrogen-bond donors (Lipinski definition) is 0. The van der Waals surface area contributed by atoms with Crippen LogP contribution in [0.5, 0.6) is 11.5 Å². The fourth-order valence-corrected chi connectivity index (χ4v) is 2.75. The Morgan fingerprint density at radius 3 is 2.48 bits per heavy atom. The molecule has 0 radical (unpaired) electrons. The molecule has 0 fully saturated rings. The molecule has 0 aliphatic rings. The van der Waals surface area contributed by atoms with Crippen LogP contribution >= 0.6 is 46.4 Å². The van der Waals surface area contributed by atoms with E-state index in [2.05, 4.69) is 5.16 Å². The third-order valence-electron chi connectivity index (χ3n) is 3.20. The van der Waals surface area contributed by atoms with Crippen LogP contribution in [0.3, 0.4) is 0 Å². The van der Waals surface area contributed by atoms with E-state index in [0.717, 1.165) is 11.1 Å². The monoisotopic (exact) mass is 447 g/mol. The normalized spacial score (nSPS) is 10.7. The minimum absolute atomic E-state index is 0.126. The highest BCUT2D eigenvalue weighted by Gasteiger charge is 2.11. The molecule has 8 heteroatoms. The fourth-order valence-electron chi connectivity index (χ4n) is 2.05. The molecule has 0 heterocycles. The number of hydrogen-bond acceptors (Lipinski definition) is 4. The molecule has 0 saturated heterocycles. The molecule has 2 aromatic rings. The summed E-state index contributed by atoms with van der Waals surface area (Å²) in [6.45, 7) is 2.88. The number of rotatable bonds is 9. The zero-order chi connectivity index (χ0) is 19.6. The van der Waals surface area contributed by atoms with Gasteiger partial charge in [0.2, 0.25) is 0 Å². The molecule has 0 amide bonds. The molecule has 0 aromatic heterocycles. The predicted octanol–water partition coefficient (Wildman–Crippen LogP) is 6.64. The average Bonchev–Trinajstić information content (AvgIpc) is 2.61. The van der Waals surface area contributed by atoms with Crippen molar-refractivity contribution in [2.75, 3.05) is 13.2 Å². The summed E-state index contributed by atoms with van der Waals surface area (Å²) in [5.74, 6) is 0.863. The van der Waals surface area contributed by atoms with Crippen molar-refractivity contribution in [2.24, 2.45) is 5.16 Å². The lowest BCUT2D eigenvalue weighted by atomic mass is 10.1. The molecule has 0 aliphatic carbocycles. The van der Waals surface area contributed by atoms with Crippen LogP contribution in [0.25, 0.3) is 0 Å². The summed E-state index contributed by atoms with van der Waals surface area (Å²) in [6.07, 6.45) is 3.15. The minimum atomic E-state index is 0.126. The minimum Gasteiger partial charge on any atom is -0.489 e. The second-order valence-electron chi connectivity index (χ2n) is 5.21. The summed E-state index contributed by atoms with van der Waals surface area (Å²) in [4.78, 5) is 4.96. The first-order chi connectivity index (χ1) is 13.0. The summed E-state index contributed by atoms with van der Waals surface area (Å²) < 4.78 is 11.4. The molecule has 0 aliphatic heterocycles. The van der Waals surface area contributed by atoms with Gasteiger partial charge in [-0.1, -0.05) is 69.8 Å². The van der Waals surface area contributed by atoms with E-state index in [4.69, 9.17) is 60.7 Å². The molecule has 144 valence electrons. The molecule has 0 atom stereocenters. The standard InChI is InChI=1S/C19H17Cl4NO3/c1-2-27-24-11-13-4-3-5-14(8-13)12-26-19-16(20)9-15(10-17(19)21)25-7-6-18(22)23/h3-6,8-11H,2,7,12H2,1H3/b24-11+. The Morgan fingerprint density at radius 2 is 1.81 bits per heavy atom. The van der Waals surface area contributed by atoms with Gasteiger partial charge in [-0.3, -0.25) is 0 Å². The van der Waals surface area contributed by atoms with Crippen LogP contribution in [0.2, 0.25) is 10.0 Å². The molecule has 2 aromatic carbocycles. The van der Waals surface area contributed by atoms with Crippen LogP contribution < -0.4 is 9.47 Å². The Morgan fingerprint density at radius 1 is 1.07 bits per heavy atom. The molecule has 0 unspecified atom stereocenters. The Bertz CT molecular complexity index is 797. The van der Waals surface area contributed by atoms with Crippen molar-refractivity contribution in [1.29, 1.82) is 0 Å². The predicted molar refractivity (Wildman–Crippen MR) is 112 cm³/mol. The van der Waals surface area contributed by atoms with Gasteiger partial charge in [-0.2, -0.15) is 0 Å². The van der Waals surface area contributed by atoms with E-state index >= 15 is 0 Å². The first-order valence-corrected chi connectivity index (χ1v) is 9.51. The summed E-state index contributed by atoms with van der Waals surface area (Å²) in [6, 6.07) is 10.9. The topological polar surface area (TPSA) is 40.0 Å². The highest BCUT2D eigenvalue weighted by atomic mass is 35.5. The molecular formula is C19H17Cl4NO3. The van der Waals surface area contributed by atoms with Crippen LogP contribution in [0.4, 0.5) is 0 Å². The Balaban J connectivity index is 2.03. The SMILES string of the molecule is CCO/N=C/c1cccc(COc2c(Cl)cc(OCC=C(Cl)Cl)cc2Cl)c1. The van der Waals surface area contributed by atoms with Gasteiger partial charge in [0.25, 0.3) is 0 Å². The zero-order valence-corrected chi connectivity index (χ0v) is 17.4. The number of oxime groups is 1. The van der Waals surface area contributed by atoms with Gasteiger partial charge in [0.1, 0.15) is 30.1 Å². The number of nitrogens with zero attached hydrogens (tertiary/aromatic N) is 1. The maximum Gasteiger partial charge on any atom is 0.157 e. The number of halogens is 4. The van der Waals surface area contributed by atoms with Crippen LogP contribution in [0.15, 0.2) is 52.1 Å². The second-order valence-corrected chi connectivity index (χ2v) is 7.03. The summed E-state index contributed by atoms with van der Waals surface area (Å²) in [7, 11) is 0. The molecule has 0 saturated carbocycles. The lowest BCUT2D eigenvalue weighted by Gasteiger charge is -2.12. The van der Waals surface area contributed by atoms with Crippen LogP contribution in [0.1, 0.15) is 18.1 Å². The summed E-state index contributed by atoms with van der Waals surface area (Å²) >= 11 is 23.6. The third kappa shape index (κ3) is 7.51. The van der Waals surface area contributed by atoms with Crippen molar-refractivity contribution in [3.05, 3.63) is 68.1 Å². The van der Waals surface area contributed by atoms with E-state index in [9.17, 15) is 0 Å². The van der Waals surface area contributed by atoms with Gasteiger partial charge < -0.3 is 14.3 Å². The zero-order valence-electron chi connectivity index (χ0n) is 14.4. The molecular weight excluding hydrogens is 432 g/mol. The molecule has 2 rings (SSSR count). The molecule has 0 spiro atoms. The van der Waals surface area contributed by atoms with Crippen molar-refractivity contribution < 1.29 is 14.3 Å². The third-order valence-corrected chi connectivity index (χ3v) is 4.07. The smallest absolute Gasteiger partial charge is 0.157 e. The maximum absolute atomic E-state index is 6.26. The molecule has 0 bridgehead atoms. The van der Waals surface area contributed by atoms with E-state index in [1.807, 2.05) is 31.2 Å². The van der Waals surface area contributed by atoms with Crippen LogP contribution in [-0.4, -0.2) is 19.4 Å². The van der Waals surface area contributed by atoms with Gasteiger partial charge in [-0.25, -0.2) is 0 Å². The van der Waals surface area contributed by atoms with Gasteiger partial charge in [0.05, 0.1) is 16.3 Å². The lowest BCUT2D eigenvalue weighted by Crippen LogP contribution is -1.99. The molecule has 0 N–H and O–H groups in total. The van der Waals surface area contributed by atoms with Crippen LogP contribution in [0, 0.1) is 0 Å². The van der Waals surface area contributed by atoms with E-state index in [1.54, 1.807) is 18.3 Å². The van der Waals surface area contributed by atoms with Gasteiger partial charge in [0.15, 0.2) is 5.75 Å². The highest BCUT2D eigenvalue weighted by molar-refractivity contribution is 6.55. The maximum atomic E-state index is 6.26. The summed E-state index contributed by atoms with van der Waals surface area (Å²) in [5.41, 5.74) is 1.83. The van der Waals surface area contributed by atoms with E-state index < -0.39 is 0 Å². The quantitative estimate of drug-likeness (QED) is 0.318. The van der Waals surface area contributed by atoms with Gasteiger partial charge in [-0.05, 0) is 30.2 Å². The highest BCUT2D eigenvalue weighted by Crippen LogP contribution is 2.37. The van der Waals surface area contributed by atoms with E-state index in [0.29, 0.717) is 34.8 Å². The Kier molecular flexibility index (Phi) is 9.08. The number of ether oxygens (including phenoxy) is 2. The van der Waals surface area contributed by atoms with E-state index in [-0.39, 0.29) is 11.1 Å². The van der Waals surface area contributed by atoms with Gasteiger partial charge >= 0.3 is 0 Å². The summed E-state index contributed by atoms with van der Waals surface area (Å²) in [5, 5.41) is 4.53. The van der Waals surface area contributed by atoms with Crippen molar-refractivity contribution >= 4 is 52.6 Å². The van der Waals surface area contributed by atoms with Gasteiger partial charge in [0, 0.05) is 12.1 Å². The Labute approximate surface area is 178 Å². The first kappa shape index (κ1) is 21.7. The Hall–Kier alpha value is -1.59. The van der Waals surface area contributed by atoms with Crippen molar-refractivity contribution in [3.63, 3.8) is 0 Å².